The predicted molar refractivity (Wildman–Crippen MR) is 71.1 cm³/mol. The van der Waals surface area contributed by atoms with Gasteiger partial charge in [-0.3, -0.25) is 4.79 Å². The van der Waals surface area contributed by atoms with Crippen molar-refractivity contribution in [1.29, 1.82) is 0 Å². The Labute approximate surface area is 113 Å². The van der Waals surface area contributed by atoms with E-state index >= 15 is 0 Å². The molecule has 19 heavy (non-hydrogen) atoms. The lowest BCUT2D eigenvalue weighted by Crippen LogP contribution is -2.42. The van der Waals surface area contributed by atoms with Gasteiger partial charge in [-0.1, -0.05) is 32.0 Å². The molecule has 1 unspecified atom stereocenters. The van der Waals surface area contributed by atoms with Gasteiger partial charge in [0.1, 0.15) is 11.9 Å². The number of nitrogens with zero attached hydrogens (tertiary/aromatic N) is 1. The van der Waals surface area contributed by atoms with Gasteiger partial charge >= 0.3 is 0 Å². The summed E-state index contributed by atoms with van der Waals surface area (Å²) in [6, 6.07) is 6.59. The van der Waals surface area contributed by atoms with E-state index in [1.807, 2.05) is 13.8 Å². The van der Waals surface area contributed by atoms with Crippen LogP contribution in [0.3, 0.4) is 0 Å². The molecule has 1 fully saturated rings. The highest BCUT2D eigenvalue weighted by molar-refractivity contribution is 5.76. The summed E-state index contributed by atoms with van der Waals surface area (Å²) in [6.45, 7) is 5.53. The Morgan fingerprint density at radius 2 is 2.21 bits per heavy atom. The summed E-state index contributed by atoms with van der Waals surface area (Å²) in [5, 5.41) is 0. The van der Waals surface area contributed by atoms with Crippen molar-refractivity contribution in [2.24, 2.45) is 5.92 Å². The lowest BCUT2D eigenvalue weighted by atomic mass is 10.1. The fraction of sp³-hybridized carbons (Fsp3) is 0.533. The zero-order valence-corrected chi connectivity index (χ0v) is 11.4. The van der Waals surface area contributed by atoms with Crippen LogP contribution in [0, 0.1) is 11.7 Å². The van der Waals surface area contributed by atoms with E-state index in [1.54, 1.807) is 23.1 Å². The molecule has 1 aliphatic rings. The van der Waals surface area contributed by atoms with Crippen molar-refractivity contribution in [2.45, 2.75) is 26.4 Å². The lowest BCUT2D eigenvalue weighted by molar-refractivity contribution is -0.139. The van der Waals surface area contributed by atoms with Gasteiger partial charge < -0.3 is 9.64 Å². The van der Waals surface area contributed by atoms with E-state index in [9.17, 15) is 9.18 Å². The summed E-state index contributed by atoms with van der Waals surface area (Å²) in [4.78, 5) is 13.8. The Balaban J connectivity index is 2.05. The second-order valence-corrected chi connectivity index (χ2v) is 5.32. The van der Waals surface area contributed by atoms with Crippen LogP contribution in [0.2, 0.25) is 0 Å². The number of halogens is 1. The quantitative estimate of drug-likeness (QED) is 0.841. The molecule has 0 saturated carbocycles. The van der Waals surface area contributed by atoms with Crippen LogP contribution in [0.5, 0.6) is 0 Å². The van der Waals surface area contributed by atoms with Crippen LogP contribution in [-0.2, 0) is 9.53 Å². The average Bonchev–Trinajstić information content (AvgIpc) is 2.38. The monoisotopic (exact) mass is 265 g/mol. The van der Waals surface area contributed by atoms with Crippen LogP contribution in [0.4, 0.5) is 4.39 Å². The number of rotatable bonds is 3. The molecule has 1 aromatic rings. The van der Waals surface area contributed by atoms with Gasteiger partial charge in [0.15, 0.2) is 0 Å². The molecule has 1 aromatic carbocycles. The van der Waals surface area contributed by atoms with E-state index in [0.717, 1.165) is 0 Å². The third-order valence-electron chi connectivity index (χ3n) is 3.25. The molecule has 0 bridgehead atoms. The van der Waals surface area contributed by atoms with Crippen LogP contribution < -0.4 is 0 Å². The largest absolute Gasteiger partial charge is 0.370 e. The summed E-state index contributed by atoms with van der Waals surface area (Å²) >= 11 is 0. The fourth-order valence-corrected chi connectivity index (χ4v) is 2.28. The highest BCUT2D eigenvalue weighted by Gasteiger charge is 2.27. The first-order chi connectivity index (χ1) is 9.08. The maximum atomic E-state index is 13.7. The summed E-state index contributed by atoms with van der Waals surface area (Å²) in [7, 11) is 0. The Bertz CT molecular complexity index is 448. The van der Waals surface area contributed by atoms with Crippen molar-refractivity contribution in [3.05, 3.63) is 35.6 Å². The van der Waals surface area contributed by atoms with Crippen LogP contribution in [0.15, 0.2) is 24.3 Å². The van der Waals surface area contributed by atoms with E-state index in [-0.39, 0.29) is 17.8 Å². The third-order valence-corrected chi connectivity index (χ3v) is 3.25. The maximum Gasteiger partial charge on any atom is 0.223 e. The molecule has 1 atom stereocenters. The molecule has 1 heterocycles. The zero-order chi connectivity index (χ0) is 13.8. The van der Waals surface area contributed by atoms with Crippen molar-refractivity contribution in [3.63, 3.8) is 0 Å². The highest BCUT2D eigenvalue weighted by atomic mass is 19.1. The average molecular weight is 265 g/mol. The Kier molecular flexibility index (Phi) is 4.53. The summed E-state index contributed by atoms with van der Waals surface area (Å²) in [6.07, 6.45) is 0.176. The first-order valence-corrected chi connectivity index (χ1v) is 6.71. The van der Waals surface area contributed by atoms with E-state index in [0.29, 0.717) is 37.6 Å². The second kappa shape index (κ2) is 6.15. The van der Waals surface area contributed by atoms with E-state index < -0.39 is 0 Å². The molecule has 104 valence electrons. The maximum absolute atomic E-state index is 13.7. The third kappa shape index (κ3) is 3.53. The molecular formula is C15H20FNO2. The molecule has 0 N–H and O–H groups in total. The van der Waals surface area contributed by atoms with Gasteiger partial charge in [0.25, 0.3) is 0 Å². The number of carbonyl (C=O) groups excluding carboxylic acids is 1. The number of amides is 1. The highest BCUT2D eigenvalue weighted by Crippen LogP contribution is 2.25. The summed E-state index contributed by atoms with van der Waals surface area (Å²) < 4.78 is 19.3. The first kappa shape index (κ1) is 14.0. The van der Waals surface area contributed by atoms with Gasteiger partial charge in [-0.15, -0.1) is 0 Å². The van der Waals surface area contributed by atoms with Gasteiger partial charge in [-0.25, -0.2) is 4.39 Å². The van der Waals surface area contributed by atoms with Crippen molar-refractivity contribution in [3.8, 4) is 0 Å². The van der Waals surface area contributed by atoms with Crippen LogP contribution in [-0.4, -0.2) is 30.5 Å². The number of morpholine rings is 1. The number of hydrogen-bond acceptors (Lipinski definition) is 2. The van der Waals surface area contributed by atoms with Crippen molar-refractivity contribution >= 4 is 5.91 Å². The lowest BCUT2D eigenvalue weighted by Gasteiger charge is -2.33. The standard InChI is InChI=1S/C15H20FNO2/c1-11(2)9-15(18)17-7-8-19-14(10-17)12-5-3-4-6-13(12)16/h3-6,11,14H,7-10H2,1-2H3. The zero-order valence-electron chi connectivity index (χ0n) is 11.4. The minimum Gasteiger partial charge on any atom is -0.370 e. The molecule has 0 aromatic heterocycles. The molecule has 2 rings (SSSR count). The van der Waals surface area contributed by atoms with Gasteiger partial charge in [0.05, 0.1) is 13.2 Å². The molecule has 1 amide bonds. The molecule has 1 saturated heterocycles. The van der Waals surface area contributed by atoms with E-state index in [4.69, 9.17) is 4.74 Å². The molecule has 4 heteroatoms. The molecular weight excluding hydrogens is 245 g/mol. The van der Waals surface area contributed by atoms with E-state index in [2.05, 4.69) is 0 Å². The van der Waals surface area contributed by atoms with Gasteiger partial charge in [0.2, 0.25) is 5.91 Å². The molecule has 1 aliphatic heterocycles. The summed E-state index contributed by atoms with van der Waals surface area (Å²) in [5.41, 5.74) is 0.532. The molecule has 0 aliphatic carbocycles. The topological polar surface area (TPSA) is 29.5 Å². The van der Waals surface area contributed by atoms with Crippen LogP contribution in [0.25, 0.3) is 0 Å². The number of ether oxygens (including phenoxy) is 1. The Morgan fingerprint density at radius 3 is 2.89 bits per heavy atom. The smallest absolute Gasteiger partial charge is 0.223 e. The number of hydrogen-bond donors (Lipinski definition) is 0. The second-order valence-electron chi connectivity index (χ2n) is 5.32. The molecule has 3 nitrogen and oxygen atoms in total. The number of benzene rings is 1. The van der Waals surface area contributed by atoms with Gasteiger partial charge in [-0.2, -0.15) is 0 Å². The fourth-order valence-electron chi connectivity index (χ4n) is 2.28. The van der Waals surface area contributed by atoms with Gasteiger partial charge in [-0.05, 0) is 12.0 Å². The van der Waals surface area contributed by atoms with Crippen LogP contribution >= 0.6 is 0 Å². The Morgan fingerprint density at radius 1 is 1.47 bits per heavy atom. The SMILES string of the molecule is CC(C)CC(=O)N1CCOC(c2ccccc2F)C1. The van der Waals surface area contributed by atoms with Crippen molar-refractivity contribution in [1.82, 2.24) is 4.90 Å². The number of carbonyl (C=O) groups is 1. The van der Waals surface area contributed by atoms with Crippen molar-refractivity contribution < 1.29 is 13.9 Å². The van der Waals surface area contributed by atoms with Crippen LogP contribution in [0.1, 0.15) is 31.9 Å². The molecule has 0 spiro atoms. The normalized spacial score (nSPS) is 19.8. The minimum atomic E-state index is -0.355. The van der Waals surface area contributed by atoms with Crippen molar-refractivity contribution in [2.75, 3.05) is 19.7 Å². The molecule has 0 radical (unpaired) electrons. The first-order valence-electron chi connectivity index (χ1n) is 6.71. The Hall–Kier alpha value is -1.42. The van der Waals surface area contributed by atoms with E-state index in [1.165, 1.54) is 6.07 Å². The summed E-state index contributed by atoms with van der Waals surface area (Å²) in [5.74, 6) is 0.188. The predicted octanol–water partition coefficient (Wildman–Crippen LogP) is 2.77. The minimum absolute atomic E-state index is 0.125. The van der Waals surface area contributed by atoms with Gasteiger partial charge in [0, 0.05) is 18.5 Å².